The van der Waals surface area contributed by atoms with Crippen LogP contribution in [0.1, 0.15) is 48.0 Å². The number of hydrogen-bond donors (Lipinski definition) is 0. The van der Waals surface area contributed by atoms with Crippen molar-refractivity contribution in [3.8, 4) is 0 Å². The summed E-state index contributed by atoms with van der Waals surface area (Å²) in [5.41, 5.74) is 2.34. The molecule has 0 bridgehead atoms. The summed E-state index contributed by atoms with van der Waals surface area (Å²) in [5, 5.41) is 3.69. The molecule has 0 aromatic carbocycles. The number of likely N-dealkylation sites (tertiary alicyclic amines) is 1. The second-order valence-corrected chi connectivity index (χ2v) is 9.18. The monoisotopic (exact) mass is 369 g/mol. The Balaban J connectivity index is 1.18. The fraction of sp³-hybridized carbons (Fsp3) is 0.650. The molecule has 0 spiro atoms. The van der Waals surface area contributed by atoms with Gasteiger partial charge in [-0.05, 0) is 31.6 Å². The number of rotatable bonds is 4. The molecule has 2 saturated heterocycles. The molecule has 3 fully saturated rings. The smallest absolute Gasteiger partial charge is 0.132 e. The van der Waals surface area contributed by atoms with E-state index in [4.69, 9.17) is 4.98 Å². The summed E-state index contributed by atoms with van der Waals surface area (Å²) >= 11 is 1.89. The third-order valence-electron chi connectivity index (χ3n) is 6.33. The van der Waals surface area contributed by atoms with Gasteiger partial charge in [0.25, 0.3) is 0 Å². The summed E-state index contributed by atoms with van der Waals surface area (Å²) in [6.07, 6.45) is 7.16. The van der Waals surface area contributed by atoms with Crippen LogP contribution in [0.3, 0.4) is 0 Å². The molecule has 5 rings (SSSR count). The zero-order valence-electron chi connectivity index (χ0n) is 15.5. The lowest BCUT2D eigenvalue weighted by atomic mass is 10.0. The highest BCUT2D eigenvalue weighted by atomic mass is 32.1. The van der Waals surface area contributed by atoms with Gasteiger partial charge in [-0.2, -0.15) is 0 Å². The number of thiazole rings is 1. The molecule has 1 aliphatic carbocycles. The molecule has 1 saturated carbocycles. The van der Waals surface area contributed by atoms with E-state index in [1.54, 1.807) is 6.33 Å². The average Bonchev–Trinajstić information content (AvgIpc) is 3.39. The normalized spacial score (nSPS) is 26.7. The average molecular weight is 370 g/mol. The summed E-state index contributed by atoms with van der Waals surface area (Å²) in [6.45, 7) is 7.72. The number of aryl methyl sites for hydroxylation is 1. The third-order valence-corrected chi connectivity index (χ3v) is 7.39. The summed E-state index contributed by atoms with van der Waals surface area (Å²) in [7, 11) is 0. The van der Waals surface area contributed by atoms with Crippen molar-refractivity contribution >= 4 is 17.2 Å². The Morgan fingerprint density at radius 2 is 1.85 bits per heavy atom. The Kier molecular flexibility index (Phi) is 4.41. The lowest BCUT2D eigenvalue weighted by Crippen LogP contribution is -2.29. The maximum absolute atomic E-state index is 4.97. The highest BCUT2D eigenvalue weighted by Crippen LogP contribution is 2.37. The zero-order valence-corrected chi connectivity index (χ0v) is 16.3. The number of nitrogens with zero attached hydrogens (tertiary/aromatic N) is 5. The molecule has 0 N–H and O–H groups in total. The van der Waals surface area contributed by atoms with Gasteiger partial charge < -0.3 is 4.90 Å². The zero-order chi connectivity index (χ0) is 17.5. The lowest BCUT2D eigenvalue weighted by molar-refractivity contribution is 0.305. The van der Waals surface area contributed by atoms with Crippen LogP contribution >= 0.6 is 11.3 Å². The Bertz CT molecular complexity index is 755. The second-order valence-electron chi connectivity index (χ2n) is 8.30. The van der Waals surface area contributed by atoms with E-state index in [0.29, 0.717) is 0 Å². The maximum Gasteiger partial charge on any atom is 0.132 e. The second kappa shape index (κ2) is 6.89. The van der Waals surface area contributed by atoms with E-state index in [-0.39, 0.29) is 0 Å². The van der Waals surface area contributed by atoms with Gasteiger partial charge in [-0.25, -0.2) is 15.0 Å². The SMILES string of the molecule is Cc1cc(N2CC3CN(Cc4csc(C5CCCC5)n4)CC3C2)ncn1. The molecule has 0 radical (unpaired) electrons. The topological polar surface area (TPSA) is 45.2 Å². The van der Waals surface area contributed by atoms with Crippen LogP contribution in [-0.2, 0) is 6.54 Å². The molecule has 3 aliphatic rings. The van der Waals surface area contributed by atoms with Gasteiger partial charge >= 0.3 is 0 Å². The minimum absolute atomic E-state index is 0.747. The van der Waals surface area contributed by atoms with Gasteiger partial charge in [-0.3, -0.25) is 4.90 Å². The van der Waals surface area contributed by atoms with Gasteiger partial charge in [0.15, 0.2) is 0 Å². The van der Waals surface area contributed by atoms with Gasteiger partial charge in [-0.15, -0.1) is 11.3 Å². The van der Waals surface area contributed by atoms with Crippen molar-refractivity contribution in [2.45, 2.75) is 45.1 Å². The Labute approximate surface area is 159 Å². The fourth-order valence-electron chi connectivity index (χ4n) is 5.00. The van der Waals surface area contributed by atoms with Crippen LogP contribution in [-0.4, -0.2) is 46.0 Å². The first-order valence-corrected chi connectivity index (χ1v) is 10.8. The minimum Gasteiger partial charge on any atom is -0.356 e. The summed E-state index contributed by atoms with van der Waals surface area (Å²) in [4.78, 5) is 18.7. The van der Waals surface area contributed by atoms with Gasteiger partial charge in [-0.1, -0.05) is 12.8 Å². The van der Waals surface area contributed by atoms with E-state index in [1.807, 2.05) is 18.3 Å². The molecular weight excluding hydrogens is 342 g/mol. The van der Waals surface area contributed by atoms with E-state index in [9.17, 15) is 0 Å². The van der Waals surface area contributed by atoms with Crippen LogP contribution in [0.25, 0.3) is 0 Å². The van der Waals surface area contributed by atoms with Crippen LogP contribution in [0.15, 0.2) is 17.8 Å². The molecule has 2 atom stereocenters. The molecule has 6 heteroatoms. The summed E-state index contributed by atoms with van der Waals surface area (Å²) in [6, 6.07) is 2.11. The van der Waals surface area contributed by atoms with E-state index >= 15 is 0 Å². The summed E-state index contributed by atoms with van der Waals surface area (Å²) in [5.74, 6) is 3.37. The standard InChI is InChI=1S/C20H27N5S/c1-14-6-19(22-13-21-14)25-9-16-7-24(8-17(16)10-25)11-18-12-26-20(23-18)15-4-2-3-5-15/h6,12-13,15-17H,2-5,7-11H2,1H3. The van der Waals surface area contributed by atoms with Crippen molar-refractivity contribution in [3.05, 3.63) is 34.2 Å². The molecule has 2 aromatic heterocycles. The van der Waals surface area contributed by atoms with Crippen LogP contribution in [0.4, 0.5) is 5.82 Å². The number of hydrogen-bond acceptors (Lipinski definition) is 6. The fourth-order valence-corrected chi connectivity index (χ4v) is 5.99. The Morgan fingerprint density at radius 1 is 1.08 bits per heavy atom. The highest BCUT2D eigenvalue weighted by molar-refractivity contribution is 7.09. The van der Waals surface area contributed by atoms with Gasteiger partial charge in [0, 0.05) is 55.8 Å². The van der Waals surface area contributed by atoms with Crippen LogP contribution < -0.4 is 4.90 Å². The maximum atomic E-state index is 4.97. The quantitative estimate of drug-likeness (QED) is 0.826. The number of aromatic nitrogens is 3. The van der Waals surface area contributed by atoms with Crippen molar-refractivity contribution in [1.29, 1.82) is 0 Å². The third kappa shape index (κ3) is 3.25. The van der Waals surface area contributed by atoms with Gasteiger partial charge in [0.05, 0.1) is 10.7 Å². The molecule has 26 heavy (non-hydrogen) atoms. The molecule has 4 heterocycles. The van der Waals surface area contributed by atoms with E-state index < -0.39 is 0 Å². The largest absolute Gasteiger partial charge is 0.356 e. The molecule has 2 unspecified atom stereocenters. The first-order chi connectivity index (χ1) is 12.7. The number of fused-ring (bicyclic) bond motifs is 1. The molecular formula is C20H27N5S. The highest BCUT2D eigenvalue weighted by Gasteiger charge is 2.40. The molecule has 2 aromatic rings. The van der Waals surface area contributed by atoms with Crippen LogP contribution in [0, 0.1) is 18.8 Å². The predicted molar refractivity (Wildman–Crippen MR) is 105 cm³/mol. The van der Waals surface area contributed by atoms with Crippen molar-refractivity contribution in [3.63, 3.8) is 0 Å². The minimum atomic E-state index is 0.747. The lowest BCUT2D eigenvalue weighted by Gasteiger charge is -2.21. The van der Waals surface area contributed by atoms with Crippen LogP contribution in [0.5, 0.6) is 0 Å². The first kappa shape index (κ1) is 16.6. The van der Waals surface area contributed by atoms with E-state index in [1.165, 1.54) is 49.5 Å². The first-order valence-electron chi connectivity index (χ1n) is 9.95. The number of anilines is 1. The molecule has 5 nitrogen and oxygen atoms in total. The van der Waals surface area contributed by atoms with Gasteiger partial charge in [0.1, 0.15) is 12.1 Å². The van der Waals surface area contributed by atoms with Crippen LogP contribution in [0.2, 0.25) is 0 Å². The Morgan fingerprint density at radius 3 is 2.58 bits per heavy atom. The van der Waals surface area contributed by atoms with E-state index in [0.717, 1.165) is 48.9 Å². The van der Waals surface area contributed by atoms with Crippen molar-refractivity contribution in [1.82, 2.24) is 19.9 Å². The van der Waals surface area contributed by atoms with E-state index in [2.05, 4.69) is 31.2 Å². The summed E-state index contributed by atoms with van der Waals surface area (Å²) < 4.78 is 0. The van der Waals surface area contributed by atoms with Crippen molar-refractivity contribution < 1.29 is 0 Å². The van der Waals surface area contributed by atoms with Gasteiger partial charge in [0.2, 0.25) is 0 Å². The van der Waals surface area contributed by atoms with Crippen molar-refractivity contribution in [2.24, 2.45) is 11.8 Å². The Hall–Kier alpha value is -1.53. The van der Waals surface area contributed by atoms with Crippen molar-refractivity contribution in [2.75, 3.05) is 31.1 Å². The molecule has 0 amide bonds. The molecule has 138 valence electrons. The predicted octanol–water partition coefficient (Wildman–Crippen LogP) is 3.47. The molecule has 2 aliphatic heterocycles.